The van der Waals surface area contributed by atoms with E-state index in [1.54, 1.807) is 12.1 Å². The number of nitrogens with one attached hydrogen (secondary N) is 2. The Balaban J connectivity index is 1.87. The zero-order valence-electron chi connectivity index (χ0n) is 11.7. The Morgan fingerprint density at radius 3 is 1.95 bits per heavy atom. The van der Waals surface area contributed by atoms with Crippen LogP contribution in [0.2, 0.25) is 0 Å². The average Bonchev–Trinajstić information content (AvgIpc) is 2.48. The molecule has 0 amide bonds. The van der Waals surface area contributed by atoms with Crippen molar-refractivity contribution in [1.82, 2.24) is 0 Å². The largest absolute Gasteiger partial charge is 0.508 e. The Labute approximate surface area is 123 Å². The fourth-order valence-corrected chi connectivity index (χ4v) is 3.06. The molecule has 0 atom stereocenters. The zero-order valence-corrected chi connectivity index (χ0v) is 11.7. The number of rotatable bonds is 1. The van der Waals surface area contributed by atoms with Gasteiger partial charge in [0.25, 0.3) is 0 Å². The van der Waals surface area contributed by atoms with Gasteiger partial charge in [-0.2, -0.15) is 0 Å². The van der Waals surface area contributed by atoms with E-state index in [0.717, 1.165) is 16.9 Å². The Hall–Kier alpha value is -2.68. The van der Waals surface area contributed by atoms with Crippen molar-refractivity contribution in [2.75, 3.05) is 10.6 Å². The van der Waals surface area contributed by atoms with Gasteiger partial charge < -0.3 is 15.7 Å². The lowest BCUT2D eigenvalue weighted by atomic mass is 9.95. The van der Waals surface area contributed by atoms with Crippen LogP contribution in [0.25, 0.3) is 10.8 Å². The van der Waals surface area contributed by atoms with Gasteiger partial charge in [0.15, 0.2) is 0 Å². The molecule has 3 N–H and O–H groups in total. The van der Waals surface area contributed by atoms with Gasteiger partial charge in [-0.15, -0.1) is 0 Å². The molecule has 1 heterocycles. The molecule has 104 valence electrons. The highest BCUT2D eigenvalue weighted by atomic mass is 16.3. The topological polar surface area (TPSA) is 44.3 Å². The highest BCUT2D eigenvalue weighted by Gasteiger charge is 2.31. The maximum absolute atomic E-state index is 9.48. The minimum absolute atomic E-state index is 0.278. The molecule has 0 saturated heterocycles. The third-order valence-electron chi connectivity index (χ3n) is 4.12. The van der Waals surface area contributed by atoms with Gasteiger partial charge in [0, 0.05) is 16.8 Å². The maximum Gasteiger partial charge on any atom is 0.131 e. The van der Waals surface area contributed by atoms with E-state index in [9.17, 15) is 5.11 Å². The predicted molar refractivity (Wildman–Crippen MR) is 86.7 cm³/mol. The summed E-state index contributed by atoms with van der Waals surface area (Å²) in [5.74, 6) is 0.278. The summed E-state index contributed by atoms with van der Waals surface area (Å²) in [6, 6.07) is 19.9. The fourth-order valence-electron chi connectivity index (χ4n) is 3.06. The summed E-state index contributed by atoms with van der Waals surface area (Å²) in [4.78, 5) is 0. The SMILES string of the molecule is CC1(c2ccc(O)cc2)Nc2cccc3cccc(c23)N1. The molecule has 0 radical (unpaired) electrons. The molecule has 0 fully saturated rings. The van der Waals surface area contributed by atoms with Crippen LogP contribution in [0, 0.1) is 0 Å². The van der Waals surface area contributed by atoms with Crippen molar-refractivity contribution in [3.63, 3.8) is 0 Å². The molecule has 0 unspecified atom stereocenters. The van der Waals surface area contributed by atoms with Crippen LogP contribution in [0.15, 0.2) is 60.7 Å². The molecular formula is C18H16N2O. The molecule has 1 aliphatic rings. The Morgan fingerprint density at radius 1 is 0.810 bits per heavy atom. The number of anilines is 2. The molecule has 0 bridgehead atoms. The summed E-state index contributed by atoms with van der Waals surface area (Å²) < 4.78 is 0. The quantitative estimate of drug-likeness (QED) is 0.622. The van der Waals surface area contributed by atoms with Crippen molar-refractivity contribution in [2.45, 2.75) is 12.6 Å². The average molecular weight is 276 g/mol. The minimum Gasteiger partial charge on any atom is -0.508 e. The third-order valence-corrected chi connectivity index (χ3v) is 4.12. The Bertz CT molecular complexity index is 783. The highest BCUT2D eigenvalue weighted by molar-refractivity contribution is 6.05. The van der Waals surface area contributed by atoms with Gasteiger partial charge in [-0.25, -0.2) is 0 Å². The summed E-state index contributed by atoms with van der Waals surface area (Å²) in [5.41, 5.74) is 2.91. The van der Waals surface area contributed by atoms with E-state index in [2.05, 4.69) is 54.0 Å². The van der Waals surface area contributed by atoms with Crippen LogP contribution in [0.5, 0.6) is 5.75 Å². The lowest BCUT2D eigenvalue weighted by Crippen LogP contribution is -2.42. The van der Waals surface area contributed by atoms with Crippen LogP contribution in [-0.2, 0) is 5.66 Å². The molecule has 0 spiro atoms. The molecule has 0 aliphatic carbocycles. The Kier molecular flexibility index (Phi) is 2.39. The van der Waals surface area contributed by atoms with Crippen LogP contribution in [0.4, 0.5) is 11.4 Å². The first kappa shape index (κ1) is 12.1. The van der Waals surface area contributed by atoms with E-state index in [1.165, 1.54) is 10.8 Å². The zero-order chi connectivity index (χ0) is 14.4. The van der Waals surface area contributed by atoms with Gasteiger partial charge in [-0.05, 0) is 42.1 Å². The molecule has 0 aromatic heterocycles. The standard InChI is InChI=1S/C18H16N2O/c1-18(13-8-10-14(21)11-9-13)19-15-6-2-4-12-5-3-7-16(20-18)17(12)15/h2-11,19-21H,1H3. The van der Waals surface area contributed by atoms with Gasteiger partial charge in [-0.3, -0.25) is 0 Å². The summed E-state index contributed by atoms with van der Waals surface area (Å²) in [6.07, 6.45) is 0. The number of phenolic OH excluding ortho intramolecular Hbond substituents is 1. The van der Waals surface area contributed by atoms with Crippen molar-refractivity contribution >= 4 is 22.1 Å². The van der Waals surface area contributed by atoms with Crippen molar-refractivity contribution in [2.24, 2.45) is 0 Å². The third kappa shape index (κ3) is 1.82. The summed E-state index contributed by atoms with van der Waals surface area (Å²) >= 11 is 0. The second kappa shape index (κ2) is 4.16. The van der Waals surface area contributed by atoms with Crippen LogP contribution in [-0.4, -0.2) is 5.11 Å². The fraction of sp³-hybridized carbons (Fsp3) is 0.111. The van der Waals surface area contributed by atoms with Gasteiger partial charge in [0.05, 0.1) is 0 Å². The van der Waals surface area contributed by atoms with Crippen molar-refractivity contribution in [1.29, 1.82) is 0 Å². The molecule has 3 aromatic rings. The molecular weight excluding hydrogens is 260 g/mol. The summed E-state index contributed by atoms with van der Waals surface area (Å²) in [6.45, 7) is 2.11. The monoisotopic (exact) mass is 276 g/mol. The lowest BCUT2D eigenvalue weighted by molar-refractivity contribution is 0.474. The first-order valence-corrected chi connectivity index (χ1v) is 7.03. The number of hydrogen-bond donors (Lipinski definition) is 3. The molecule has 4 rings (SSSR count). The van der Waals surface area contributed by atoms with Crippen molar-refractivity contribution < 1.29 is 5.11 Å². The van der Waals surface area contributed by atoms with Gasteiger partial charge in [0.2, 0.25) is 0 Å². The summed E-state index contributed by atoms with van der Waals surface area (Å²) in [5, 5.41) is 19.1. The van der Waals surface area contributed by atoms with E-state index in [0.29, 0.717) is 0 Å². The van der Waals surface area contributed by atoms with E-state index in [4.69, 9.17) is 0 Å². The number of hydrogen-bond acceptors (Lipinski definition) is 3. The van der Waals surface area contributed by atoms with Gasteiger partial charge in [-0.1, -0.05) is 36.4 Å². The minimum atomic E-state index is -0.406. The highest BCUT2D eigenvalue weighted by Crippen LogP contribution is 2.41. The van der Waals surface area contributed by atoms with Crippen molar-refractivity contribution in [3.05, 3.63) is 66.2 Å². The molecule has 3 nitrogen and oxygen atoms in total. The van der Waals surface area contributed by atoms with Crippen LogP contribution in [0.1, 0.15) is 12.5 Å². The number of benzene rings is 3. The Morgan fingerprint density at radius 2 is 1.38 bits per heavy atom. The first-order valence-electron chi connectivity index (χ1n) is 7.03. The van der Waals surface area contributed by atoms with E-state index in [1.807, 2.05) is 12.1 Å². The van der Waals surface area contributed by atoms with Crippen LogP contribution >= 0.6 is 0 Å². The second-order valence-electron chi connectivity index (χ2n) is 5.63. The van der Waals surface area contributed by atoms with E-state index in [-0.39, 0.29) is 5.75 Å². The second-order valence-corrected chi connectivity index (χ2v) is 5.63. The van der Waals surface area contributed by atoms with Crippen molar-refractivity contribution in [3.8, 4) is 5.75 Å². The normalized spacial score (nSPS) is 15.3. The molecule has 0 saturated carbocycles. The van der Waals surface area contributed by atoms with Crippen LogP contribution in [0.3, 0.4) is 0 Å². The number of phenols is 1. The van der Waals surface area contributed by atoms with Gasteiger partial charge >= 0.3 is 0 Å². The maximum atomic E-state index is 9.48. The molecule has 1 aliphatic heterocycles. The van der Waals surface area contributed by atoms with E-state index >= 15 is 0 Å². The molecule has 3 heteroatoms. The number of aromatic hydroxyl groups is 1. The molecule has 3 aromatic carbocycles. The van der Waals surface area contributed by atoms with Crippen LogP contribution < -0.4 is 10.6 Å². The summed E-state index contributed by atoms with van der Waals surface area (Å²) in [7, 11) is 0. The lowest BCUT2D eigenvalue weighted by Gasteiger charge is -2.39. The van der Waals surface area contributed by atoms with Gasteiger partial charge in [0.1, 0.15) is 11.4 Å². The molecule has 21 heavy (non-hydrogen) atoms. The first-order chi connectivity index (χ1) is 10.2. The smallest absolute Gasteiger partial charge is 0.131 e. The van der Waals surface area contributed by atoms with E-state index < -0.39 is 5.66 Å². The predicted octanol–water partition coefficient (Wildman–Crippen LogP) is 4.26.